The topological polar surface area (TPSA) is 72.3 Å². The standard InChI is InChI=1S/C18H16N2O3/c1-10-8-14(11(2)15(9-10)23-3)12-4-5-13(18(21)22)17-16(12)19-6-7-20-17/h4-9H,1-3H3,(H,21,22). The number of carboxylic acids is 1. The fourth-order valence-electron chi connectivity index (χ4n) is 2.76. The first-order valence-electron chi connectivity index (χ1n) is 7.15. The first-order valence-corrected chi connectivity index (χ1v) is 7.15. The maximum atomic E-state index is 11.4. The molecule has 1 N–H and O–H groups in total. The summed E-state index contributed by atoms with van der Waals surface area (Å²) in [4.78, 5) is 20.0. The Morgan fingerprint density at radius 1 is 1.04 bits per heavy atom. The summed E-state index contributed by atoms with van der Waals surface area (Å²) >= 11 is 0. The minimum atomic E-state index is -1.01. The van der Waals surface area contributed by atoms with E-state index in [0.29, 0.717) is 11.0 Å². The van der Waals surface area contributed by atoms with Crippen molar-refractivity contribution in [1.82, 2.24) is 9.97 Å². The lowest BCUT2D eigenvalue weighted by atomic mass is 9.95. The van der Waals surface area contributed by atoms with Gasteiger partial charge in [0, 0.05) is 18.0 Å². The zero-order chi connectivity index (χ0) is 16.6. The summed E-state index contributed by atoms with van der Waals surface area (Å²) in [5.41, 5.74) is 4.95. The number of ether oxygens (including phenoxy) is 1. The normalized spacial score (nSPS) is 10.7. The minimum Gasteiger partial charge on any atom is -0.496 e. The van der Waals surface area contributed by atoms with Crippen LogP contribution < -0.4 is 4.74 Å². The molecule has 1 heterocycles. The van der Waals surface area contributed by atoms with E-state index < -0.39 is 5.97 Å². The highest BCUT2D eigenvalue weighted by molar-refractivity contribution is 6.05. The Morgan fingerprint density at radius 3 is 2.39 bits per heavy atom. The highest BCUT2D eigenvalue weighted by Gasteiger charge is 2.17. The van der Waals surface area contributed by atoms with Gasteiger partial charge in [-0.05, 0) is 42.7 Å². The minimum absolute atomic E-state index is 0.147. The van der Waals surface area contributed by atoms with Gasteiger partial charge in [-0.25, -0.2) is 4.79 Å². The van der Waals surface area contributed by atoms with Crippen molar-refractivity contribution >= 4 is 17.0 Å². The van der Waals surface area contributed by atoms with E-state index in [9.17, 15) is 9.90 Å². The van der Waals surface area contributed by atoms with Gasteiger partial charge in [0.1, 0.15) is 11.3 Å². The third-order valence-electron chi connectivity index (χ3n) is 3.87. The molecular formula is C18H16N2O3. The molecule has 5 heteroatoms. The van der Waals surface area contributed by atoms with E-state index in [0.717, 1.165) is 28.0 Å². The zero-order valence-corrected chi connectivity index (χ0v) is 13.1. The van der Waals surface area contributed by atoms with Crippen molar-refractivity contribution in [1.29, 1.82) is 0 Å². The number of rotatable bonds is 3. The van der Waals surface area contributed by atoms with Gasteiger partial charge in [0.25, 0.3) is 0 Å². The number of aromatic nitrogens is 2. The monoisotopic (exact) mass is 308 g/mol. The predicted octanol–water partition coefficient (Wildman–Crippen LogP) is 3.62. The van der Waals surface area contributed by atoms with E-state index in [-0.39, 0.29) is 5.56 Å². The smallest absolute Gasteiger partial charge is 0.337 e. The zero-order valence-electron chi connectivity index (χ0n) is 13.1. The van der Waals surface area contributed by atoms with Crippen LogP contribution in [0.2, 0.25) is 0 Å². The summed E-state index contributed by atoms with van der Waals surface area (Å²) in [6, 6.07) is 7.37. The molecule has 0 spiro atoms. The van der Waals surface area contributed by atoms with Crippen molar-refractivity contribution < 1.29 is 14.6 Å². The molecule has 0 amide bonds. The lowest BCUT2D eigenvalue weighted by Gasteiger charge is -2.14. The molecule has 0 fully saturated rings. The van der Waals surface area contributed by atoms with E-state index in [1.807, 2.05) is 26.0 Å². The molecule has 23 heavy (non-hydrogen) atoms. The van der Waals surface area contributed by atoms with Gasteiger partial charge < -0.3 is 9.84 Å². The van der Waals surface area contributed by atoms with Crippen molar-refractivity contribution in [3.8, 4) is 16.9 Å². The van der Waals surface area contributed by atoms with Gasteiger partial charge in [-0.2, -0.15) is 0 Å². The van der Waals surface area contributed by atoms with Gasteiger partial charge in [0.2, 0.25) is 0 Å². The molecule has 0 saturated carbocycles. The summed E-state index contributed by atoms with van der Waals surface area (Å²) < 4.78 is 5.43. The van der Waals surface area contributed by atoms with Gasteiger partial charge in [-0.15, -0.1) is 0 Å². The Morgan fingerprint density at radius 2 is 1.74 bits per heavy atom. The summed E-state index contributed by atoms with van der Waals surface area (Å²) in [7, 11) is 1.64. The Hall–Kier alpha value is -2.95. The fraction of sp³-hybridized carbons (Fsp3) is 0.167. The molecule has 0 bridgehead atoms. The van der Waals surface area contributed by atoms with Crippen LogP contribution in [-0.2, 0) is 0 Å². The lowest BCUT2D eigenvalue weighted by molar-refractivity contribution is 0.0699. The molecule has 0 saturated heterocycles. The van der Waals surface area contributed by atoms with E-state index >= 15 is 0 Å². The molecule has 0 aliphatic rings. The van der Waals surface area contributed by atoms with Gasteiger partial charge >= 0.3 is 5.97 Å². The summed E-state index contributed by atoms with van der Waals surface area (Å²) in [6.07, 6.45) is 3.07. The Labute approximate surface area is 133 Å². The van der Waals surface area contributed by atoms with Crippen LogP contribution in [0.1, 0.15) is 21.5 Å². The molecule has 3 aromatic rings. The van der Waals surface area contributed by atoms with Crippen molar-refractivity contribution in [3.05, 3.63) is 53.3 Å². The number of fused-ring (bicyclic) bond motifs is 1. The predicted molar refractivity (Wildman–Crippen MR) is 88.0 cm³/mol. The van der Waals surface area contributed by atoms with Crippen molar-refractivity contribution in [2.45, 2.75) is 13.8 Å². The third-order valence-corrected chi connectivity index (χ3v) is 3.87. The number of carbonyl (C=O) groups is 1. The lowest BCUT2D eigenvalue weighted by Crippen LogP contribution is -2.01. The van der Waals surface area contributed by atoms with Crippen LogP contribution in [0.15, 0.2) is 36.7 Å². The maximum absolute atomic E-state index is 11.4. The molecular weight excluding hydrogens is 292 g/mol. The first-order chi connectivity index (χ1) is 11.0. The van der Waals surface area contributed by atoms with Gasteiger partial charge in [-0.1, -0.05) is 12.1 Å². The van der Waals surface area contributed by atoms with Crippen molar-refractivity contribution in [3.63, 3.8) is 0 Å². The van der Waals surface area contributed by atoms with Crippen molar-refractivity contribution in [2.75, 3.05) is 7.11 Å². The van der Waals surface area contributed by atoms with Crippen LogP contribution in [0, 0.1) is 13.8 Å². The number of nitrogens with zero attached hydrogens (tertiary/aromatic N) is 2. The number of hydrogen-bond acceptors (Lipinski definition) is 4. The number of hydrogen-bond donors (Lipinski definition) is 1. The van der Waals surface area contributed by atoms with E-state index in [1.54, 1.807) is 25.4 Å². The molecule has 0 aliphatic heterocycles. The highest BCUT2D eigenvalue weighted by Crippen LogP contribution is 2.35. The molecule has 3 rings (SSSR count). The van der Waals surface area contributed by atoms with Crippen LogP contribution >= 0.6 is 0 Å². The quantitative estimate of drug-likeness (QED) is 0.800. The molecule has 5 nitrogen and oxygen atoms in total. The number of carboxylic acid groups (broad SMARTS) is 1. The second-order valence-electron chi connectivity index (χ2n) is 5.36. The van der Waals surface area contributed by atoms with E-state index in [4.69, 9.17) is 4.74 Å². The number of benzene rings is 2. The average molecular weight is 308 g/mol. The number of aryl methyl sites for hydroxylation is 1. The second kappa shape index (κ2) is 5.68. The molecule has 1 aromatic heterocycles. The molecule has 0 atom stereocenters. The van der Waals surface area contributed by atoms with Crippen LogP contribution in [0.4, 0.5) is 0 Å². The average Bonchev–Trinajstić information content (AvgIpc) is 2.55. The largest absolute Gasteiger partial charge is 0.496 e. The van der Waals surface area contributed by atoms with Crippen LogP contribution in [0.25, 0.3) is 22.2 Å². The van der Waals surface area contributed by atoms with E-state index in [2.05, 4.69) is 9.97 Å². The summed E-state index contributed by atoms with van der Waals surface area (Å²) in [5, 5.41) is 9.34. The van der Waals surface area contributed by atoms with Crippen LogP contribution in [0.5, 0.6) is 5.75 Å². The van der Waals surface area contributed by atoms with Gasteiger partial charge in [0.05, 0.1) is 18.2 Å². The number of methoxy groups -OCH3 is 1. The highest BCUT2D eigenvalue weighted by atomic mass is 16.5. The summed E-state index contributed by atoms with van der Waals surface area (Å²) in [5.74, 6) is -0.222. The van der Waals surface area contributed by atoms with Crippen LogP contribution in [-0.4, -0.2) is 28.2 Å². The van der Waals surface area contributed by atoms with Gasteiger partial charge in [-0.3, -0.25) is 9.97 Å². The number of aromatic carboxylic acids is 1. The first kappa shape index (κ1) is 15.0. The van der Waals surface area contributed by atoms with Crippen molar-refractivity contribution in [2.24, 2.45) is 0 Å². The molecule has 0 radical (unpaired) electrons. The third kappa shape index (κ3) is 2.50. The second-order valence-corrected chi connectivity index (χ2v) is 5.36. The summed E-state index contributed by atoms with van der Waals surface area (Å²) in [6.45, 7) is 3.96. The molecule has 0 aliphatic carbocycles. The molecule has 2 aromatic carbocycles. The molecule has 0 unspecified atom stereocenters. The van der Waals surface area contributed by atoms with E-state index in [1.165, 1.54) is 6.20 Å². The van der Waals surface area contributed by atoms with Gasteiger partial charge in [0.15, 0.2) is 0 Å². The fourth-order valence-corrected chi connectivity index (χ4v) is 2.76. The Bertz CT molecular complexity index is 920. The molecule has 116 valence electrons. The van der Waals surface area contributed by atoms with Crippen LogP contribution in [0.3, 0.4) is 0 Å². The Balaban J connectivity index is 2.37. The SMILES string of the molecule is COc1cc(C)cc(-c2ccc(C(=O)O)c3nccnc23)c1C. The maximum Gasteiger partial charge on any atom is 0.337 e. The Kier molecular flexibility index (Phi) is 3.70.